The van der Waals surface area contributed by atoms with Crippen molar-refractivity contribution in [2.75, 3.05) is 11.5 Å². The van der Waals surface area contributed by atoms with Crippen LogP contribution < -0.4 is 10.6 Å². The van der Waals surface area contributed by atoms with Gasteiger partial charge in [-0.3, -0.25) is 0 Å². The van der Waals surface area contributed by atoms with E-state index in [0.29, 0.717) is 11.4 Å². The molecule has 0 aromatic heterocycles. The summed E-state index contributed by atoms with van der Waals surface area (Å²) in [5, 5.41) is 6.21. The summed E-state index contributed by atoms with van der Waals surface area (Å²) in [6.45, 7) is 3.75. The number of halogens is 1. The molecule has 7 heteroatoms. The summed E-state index contributed by atoms with van der Waals surface area (Å²) < 4.78 is 22.8. The fourth-order valence-corrected chi connectivity index (χ4v) is 4.15. The zero-order valence-corrected chi connectivity index (χ0v) is 13.6. The highest BCUT2D eigenvalue weighted by molar-refractivity contribution is 7.91. The van der Waals surface area contributed by atoms with E-state index in [-0.39, 0.29) is 23.6 Å². The molecule has 21 heavy (non-hydrogen) atoms. The number of hydrogen-bond acceptors (Lipinski definition) is 3. The van der Waals surface area contributed by atoms with Gasteiger partial charge in [0.1, 0.15) is 0 Å². The van der Waals surface area contributed by atoms with E-state index in [2.05, 4.69) is 10.6 Å². The molecule has 0 saturated carbocycles. The Balaban J connectivity index is 1.97. The Kier molecular flexibility index (Phi) is 4.49. The minimum absolute atomic E-state index is 0.0157. The van der Waals surface area contributed by atoms with Gasteiger partial charge in [0.15, 0.2) is 9.84 Å². The lowest BCUT2D eigenvalue weighted by Gasteiger charge is -2.28. The summed E-state index contributed by atoms with van der Waals surface area (Å²) >= 11 is 5.85. The molecule has 0 aliphatic carbocycles. The largest absolute Gasteiger partial charge is 0.334 e. The lowest BCUT2D eigenvalue weighted by molar-refractivity contribution is 0.227. The third-order valence-corrected chi connectivity index (χ3v) is 5.58. The molecule has 1 heterocycles. The second-order valence-electron chi connectivity index (χ2n) is 5.83. The molecule has 1 aromatic carbocycles. The molecule has 0 radical (unpaired) electrons. The van der Waals surface area contributed by atoms with E-state index in [4.69, 9.17) is 11.6 Å². The predicted octanol–water partition coefficient (Wildman–Crippen LogP) is 2.06. The molecule has 1 unspecified atom stereocenters. The SMILES string of the molecule is CC(C)(NC(=O)NC1CCS(=O)(=O)C1)c1ccc(Cl)cc1. The van der Waals surface area contributed by atoms with Gasteiger partial charge in [-0.25, -0.2) is 13.2 Å². The van der Waals surface area contributed by atoms with Crippen LogP contribution in [0.3, 0.4) is 0 Å². The number of rotatable bonds is 3. The number of urea groups is 1. The number of carbonyl (C=O) groups excluding carboxylic acids is 1. The van der Waals surface area contributed by atoms with Crippen LogP contribution in [-0.2, 0) is 15.4 Å². The van der Waals surface area contributed by atoms with Crippen LogP contribution in [0.25, 0.3) is 0 Å². The zero-order valence-electron chi connectivity index (χ0n) is 12.0. The Morgan fingerprint density at radius 1 is 1.29 bits per heavy atom. The van der Waals surface area contributed by atoms with E-state index in [1.54, 1.807) is 12.1 Å². The van der Waals surface area contributed by atoms with Gasteiger partial charge in [0, 0.05) is 11.1 Å². The first-order chi connectivity index (χ1) is 9.68. The summed E-state index contributed by atoms with van der Waals surface area (Å²) in [5.41, 5.74) is 0.340. The first-order valence-electron chi connectivity index (χ1n) is 6.73. The molecular weight excluding hydrogens is 312 g/mol. The van der Waals surface area contributed by atoms with Gasteiger partial charge in [-0.05, 0) is 38.0 Å². The average molecular weight is 331 g/mol. The van der Waals surface area contributed by atoms with Crippen molar-refractivity contribution in [3.05, 3.63) is 34.9 Å². The van der Waals surface area contributed by atoms with Crippen LogP contribution >= 0.6 is 11.6 Å². The first-order valence-corrected chi connectivity index (χ1v) is 8.93. The van der Waals surface area contributed by atoms with E-state index in [0.717, 1.165) is 5.56 Å². The van der Waals surface area contributed by atoms with Gasteiger partial charge in [0.2, 0.25) is 0 Å². The maximum Gasteiger partial charge on any atom is 0.315 e. The molecule has 1 aliphatic heterocycles. The number of nitrogens with one attached hydrogen (secondary N) is 2. The molecule has 0 bridgehead atoms. The Hall–Kier alpha value is -1.27. The van der Waals surface area contributed by atoms with Crippen molar-refractivity contribution in [2.45, 2.75) is 31.8 Å². The monoisotopic (exact) mass is 330 g/mol. The quantitative estimate of drug-likeness (QED) is 0.890. The zero-order chi connectivity index (χ0) is 15.7. The molecule has 1 saturated heterocycles. The maximum absolute atomic E-state index is 12.0. The fourth-order valence-electron chi connectivity index (χ4n) is 2.35. The highest BCUT2D eigenvalue weighted by atomic mass is 35.5. The second kappa shape index (κ2) is 5.85. The molecule has 116 valence electrons. The highest BCUT2D eigenvalue weighted by Crippen LogP contribution is 2.22. The number of amides is 2. The molecule has 2 rings (SSSR count). The number of hydrogen-bond donors (Lipinski definition) is 2. The van der Waals surface area contributed by atoms with Crippen LogP contribution in [-0.4, -0.2) is 32.0 Å². The normalized spacial score (nSPS) is 21.0. The van der Waals surface area contributed by atoms with Crippen LogP contribution in [0.15, 0.2) is 24.3 Å². The van der Waals surface area contributed by atoms with E-state index < -0.39 is 15.4 Å². The Morgan fingerprint density at radius 3 is 2.43 bits per heavy atom. The lowest BCUT2D eigenvalue weighted by atomic mass is 9.94. The number of carbonyl (C=O) groups is 1. The fraction of sp³-hybridized carbons (Fsp3) is 0.500. The number of benzene rings is 1. The van der Waals surface area contributed by atoms with E-state index in [9.17, 15) is 13.2 Å². The molecule has 5 nitrogen and oxygen atoms in total. The average Bonchev–Trinajstić information content (AvgIpc) is 2.68. The second-order valence-corrected chi connectivity index (χ2v) is 8.50. The summed E-state index contributed by atoms with van der Waals surface area (Å²) in [4.78, 5) is 12.0. The molecular formula is C14H19ClN2O3S. The molecule has 1 aliphatic rings. The molecule has 1 aromatic rings. The summed E-state index contributed by atoms with van der Waals surface area (Å²) in [5.74, 6) is 0.153. The van der Waals surface area contributed by atoms with Crippen molar-refractivity contribution in [3.63, 3.8) is 0 Å². The van der Waals surface area contributed by atoms with E-state index in [1.807, 2.05) is 26.0 Å². The Bertz CT molecular complexity index is 626. The van der Waals surface area contributed by atoms with Crippen LogP contribution in [0.1, 0.15) is 25.8 Å². The van der Waals surface area contributed by atoms with Crippen LogP contribution in [0.5, 0.6) is 0 Å². The smallest absolute Gasteiger partial charge is 0.315 e. The van der Waals surface area contributed by atoms with E-state index >= 15 is 0 Å². The number of sulfone groups is 1. The third-order valence-electron chi connectivity index (χ3n) is 3.56. The van der Waals surface area contributed by atoms with Gasteiger partial charge < -0.3 is 10.6 Å². The molecule has 1 atom stereocenters. The van der Waals surface area contributed by atoms with Crippen LogP contribution in [0, 0.1) is 0 Å². The molecule has 2 amide bonds. The lowest BCUT2D eigenvalue weighted by Crippen LogP contribution is -2.49. The maximum atomic E-state index is 12.0. The van der Waals surface area contributed by atoms with Crippen molar-refractivity contribution < 1.29 is 13.2 Å². The van der Waals surface area contributed by atoms with Crippen molar-refractivity contribution in [3.8, 4) is 0 Å². The molecule has 0 spiro atoms. The van der Waals surface area contributed by atoms with Crippen molar-refractivity contribution in [1.82, 2.24) is 10.6 Å². The van der Waals surface area contributed by atoms with Crippen LogP contribution in [0.4, 0.5) is 4.79 Å². The minimum atomic E-state index is -3.00. The summed E-state index contributed by atoms with van der Waals surface area (Å²) in [7, 11) is -3.00. The van der Waals surface area contributed by atoms with Gasteiger partial charge in [0.05, 0.1) is 17.0 Å². The third kappa shape index (κ3) is 4.35. The van der Waals surface area contributed by atoms with Crippen molar-refractivity contribution >= 4 is 27.5 Å². The minimum Gasteiger partial charge on any atom is -0.334 e. The van der Waals surface area contributed by atoms with E-state index in [1.165, 1.54) is 0 Å². The topological polar surface area (TPSA) is 75.3 Å². The van der Waals surface area contributed by atoms with Crippen LogP contribution in [0.2, 0.25) is 5.02 Å². The van der Waals surface area contributed by atoms with Crippen molar-refractivity contribution in [2.24, 2.45) is 0 Å². The van der Waals surface area contributed by atoms with Gasteiger partial charge >= 0.3 is 6.03 Å². The molecule has 1 fully saturated rings. The highest BCUT2D eigenvalue weighted by Gasteiger charge is 2.30. The van der Waals surface area contributed by atoms with Gasteiger partial charge in [0.25, 0.3) is 0 Å². The molecule has 2 N–H and O–H groups in total. The Labute approximate surface area is 130 Å². The summed E-state index contributed by atoms with van der Waals surface area (Å²) in [6.07, 6.45) is 0.469. The van der Waals surface area contributed by atoms with Gasteiger partial charge in [-0.1, -0.05) is 23.7 Å². The standard InChI is InChI=1S/C14H19ClN2O3S/c1-14(2,10-3-5-11(15)6-4-10)17-13(18)16-12-7-8-21(19,20)9-12/h3-6,12H,7-9H2,1-2H3,(H2,16,17,18). The van der Waals surface area contributed by atoms with Gasteiger partial charge in [-0.2, -0.15) is 0 Å². The summed E-state index contributed by atoms with van der Waals surface area (Å²) in [6, 6.07) is 6.56. The van der Waals surface area contributed by atoms with Gasteiger partial charge in [-0.15, -0.1) is 0 Å². The Morgan fingerprint density at radius 2 is 1.90 bits per heavy atom. The predicted molar refractivity (Wildman–Crippen MR) is 83.2 cm³/mol. The first kappa shape index (κ1) is 16.1. The van der Waals surface area contributed by atoms with Crippen molar-refractivity contribution in [1.29, 1.82) is 0 Å².